The van der Waals surface area contributed by atoms with Crippen molar-refractivity contribution in [3.05, 3.63) is 0 Å². The van der Waals surface area contributed by atoms with Gasteiger partial charge in [-0.25, -0.2) is 0 Å². The van der Waals surface area contributed by atoms with Crippen molar-refractivity contribution in [3.8, 4) is 0 Å². The third-order valence-corrected chi connectivity index (χ3v) is 8.49. The van der Waals surface area contributed by atoms with E-state index in [0.717, 1.165) is 25.7 Å². The Hall–Kier alpha value is -0.570. The molecule has 1 saturated heterocycles. The van der Waals surface area contributed by atoms with Crippen molar-refractivity contribution in [3.63, 3.8) is 0 Å². The third-order valence-electron chi connectivity index (χ3n) is 8.49. The molecule has 1 heterocycles. The summed E-state index contributed by atoms with van der Waals surface area (Å²) in [5, 5.41) is 10.9. The molecule has 7 atom stereocenters. The van der Waals surface area contributed by atoms with Crippen LogP contribution in [0.4, 0.5) is 0 Å². The molecule has 0 aromatic rings. The summed E-state index contributed by atoms with van der Waals surface area (Å²) in [6, 6.07) is 0. The highest BCUT2D eigenvalue weighted by molar-refractivity contribution is 5.70. The van der Waals surface area contributed by atoms with Crippen LogP contribution in [0.15, 0.2) is 0 Å². The molecule has 3 nitrogen and oxygen atoms in total. The Morgan fingerprint density at radius 2 is 1.73 bits per heavy atom. The van der Waals surface area contributed by atoms with Crippen molar-refractivity contribution in [1.29, 1.82) is 0 Å². The van der Waals surface area contributed by atoms with Crippen LogP contribution in [0.3, 0.4) is 0 Å². The lowest BCUT2D eigenvalue weighted by molar-refractivity contribution is -0.197. The van der Waals surface area contributed by atoms with Crippen molar-refractivity contribution < 1.29 is 14.6 Å². The van der Waals surface area contributed by atoms with E-state index in [4.69, 9.17) is 4.74 Å². The number of carbonyl (C=O) groups is 1. The first-order valence-corrected chi connectivity index (χ1v) is 9.20. The van der Waals surface area contributed by atoms with Crippen molar-refractivity contribution in [2.45, 2.75) is 83.8 Å². The summed E-state index contributed by atoms with van der Waals surface area (Å²) in [6.07, 6.45) is 8.37. The van der Waals surface area contributed by atoms with Gasteiger partial charge in [-0.1, -0.05) is 13.8 Å². The molecule has 1 aliphatic heterocycles. The van der Waals surface area contributed by atoms with E-state index in [2.05, 4.69) is 20.8 Å². The summed E-state index contributed by atoms with van der Waals surface area (Å²) >= 11 is 0. The highest BCUT2D eigenvalue weighted by atomic mass is 16.5. The summed E-state index contributed by atoms with van der Waals surface area (Å²) in [6.45, 7) is 6.76. The van der Waals surface area contributed by atoms with E-state index >= 15 is 0 Å². The van der Waals surface area contributed by atoms with Gasteiger partial charge in [-0.3, -0.25) is 4.79 Å². The maximum absolute atomic E-state index is 11.7. The van der Waals surface area contributed by atoms with E-state index in [9.17, 15) is 9.90 Å². The molecule has 0 radical (unpaired) electrons. The fourth-order valence-electron chi connectivity index (χ4n) is 6.79. The topological polar surface area (TPSA) is 46.5 Å². The number of rotatable bonds is 0. The van der Waals surface area contributed by atoms with Crippen LogP contribution in [0.25, 0.3) is 0 Å². The number of carbonyl (C=O) groups excluding carboxylic acids is 1. The van der Waals surface area contributed by atoms with Gasteiger partial charge in [-0.15, -0.1) is 0 Å². The second kappa shape index (κ2) is 4.49. The van der Waals surface area contributed by atoms with Gasteiger partial charge in [0.1, 0.15) is 6.10 Å². The maximum atomic E-state index is 11.7. The van der Waals surface area contributed by atoms with E-state index in [1.54, 1.807) is 0 Å². The second-order valence-corrected chi connectivity index (χ2v) is 9.21. The zero-order valence-electron chi connectivity index (χ0n) is 14.2. The zero-order chi connectivity index (χ0) is 15.8. The quantitative estimate of drug-likeness (QED) is 0.694. The number of fused-ring (bicyclic) bond motifs is 5. The highest BCUT2D eigenvalue weighted by Gasteiger charge is 2.63. The van der Waals surface area contributed by atoms with Gasteiger partial charge in [0.05, 0.1) is 5.60 Å². The molecular weight excluding hydrogens is 276 g/mol. The van der Waals surface area contributed by atoms with Crippen LogP contribution in [0.5, 0.6) is 0 Å². The molecule has 0 bridgehead atoms. The average molecular weight is 306 g/mol. The van der Waals surface area contributed by atoms with Gasteiger partial charge in [0.15, 0.2) is 0 Å². The molecular formula is C19H30O3. The van der Waals surface area contributed by atoms with Gasteiger partial charge in [0, 0.05) is 11.8 Å². The van der Waals surface area contributed by atoms with E-state index in [1.165, 1.54) is 19.3 Å². The Bertz CT molecular complexity index is 499. The number of ether oxygens (including phenoxy) is 1. The SMILES string of the molecule is C[C@]12CCC(=O)O[C@H]1CC[C@@H]1[C@@H]2CC[C@@]2(C)[C@H]1CC[C@]2(C)O. The highest BCUT2D eigenvalue weighted by Crippen LogP contribution is 2.66. The summed E-state index contributed by atoms with van der Waals surface area (Å²) in [4.78, 5) is 11.7. The van der Waals surface area contributed by atoms with Gasteiger partial charge >= 0.3 is 5.97 Å². The van der Waals surface area contributed by atoms with E-state index < -0.39 is 5.60 Å². The minimum atomic E-state index is -0.501. The molecule has 3 aliphatic carbocycles. The Morgan fingerprint density at radius 3 is 2.50 bits per heavy atom. The first kappa shape index (κ1) is 15.0. The van der Waals surface area contributed by atoms with Crippen LogP contribution in [-0.4, -0.2) is 22.8 Å². The summed E-state index contributed by atoms with van der Waals surface area (Å²) < 4.78 is 5.73. The van der Waals surface area contributed by atoms with Gasteiger partial charge in [0.2, 0.25) is 0 Å². The molecule has 0 amide bonds. The first-order valence-electron chi connectivity index (χ1n) is 9.20. The van der Waals surface area contributed by atoms with Gasteiger partial charge in [-0.05, 0) is 75.0 Å². The fourth-order valence-corrected chi connectivity index (χ4v) is 6.79. The monoisotopic (exact) mass is 306 g/mol. The number of esters is 1. The molecule has 0 aromatic heterocycles. The minimum absolute atomic E-state index is 0.00497. The fraction of sp³-hybridized carbons (Fsp3) is 0.947. The smallest absolute Gasteiger partial charge is 0.306 e. The molecule has 3 saturated carbocycles. The predicted molar refractivity (Wildman–Crippen MR) is 84.1 cm³/mol. The summed E-state index contributed by atoms with van der Waals surface area (Å²) in [5.74, 6) is 2.04. The maximum Gasteiger partial charge on any atom is 0.306 e. The van der Waals surface area contributed by atoms with Crippen molar-refractivity contribution in [2.75, 3.05) is 0 Å². The number of hydrogen-bond acceptors (Lipinski definition) is 3. The lowest BCUT2D eigenvalue weighted by Gasteiger charge is -2.60. The van der Waals surface area contributed by atoms with E-state index in [0.29, 0.717) is 24.2 Å². The molecule has 124 valence electrons. The number of aliphatic hydroxyl groups is 1. The Labute approximate surface area is 133 Å². The van der Waals surface area contributed by atoms with Crippen molar-refractivity contribution in [1.82, 2.24) is 0 Å². The lowest BCUT2D eigenvalue weighted by atomic mass is 9.47. The third kappa shape index (κ3) is 1.75. The molecule has 4 aliphatic rings. The Kier molecular flexibility index (Phi) is 3.06. The average Bonchev–Trinajstić information content (AvgIpc) is 2.70. The summed E-state index contributed by atoms with van der Waals surface area (Å²) in [5.41, 5.74) is -0.241. The molecule has 1 N–H and O–H groups in total. The second-order valence-electron chi connectivity index (χ2n) is 9.21. The van der Waals surface area contributed by atoms with E-state index in [1.807, 2.05) is 0 Å². The van der Waals surface area contributed by atoms with Crippen LogP contribution in [-0.2, 0) is 9.53 Å². The summed E-state index contributed by atoms with van der Waals surface area (Å²) in [7, 11) is 0. The zero-order valence-corrected chi connectivity index (χ0v) is 14.2. The van der Waals surface area contributed by atoms with Crippen LogP contribution >= 0.6 is 0 Å². The van der Waals surface area contributed by atoms with Crippen LogP contribution in [0.2, 0.25) is 0 Å². The molecule has 22 heavy (non-hydrogen) atoms. The van der Waals surface area contributed by atoms with Gasteiger partial charge < -0.3 is 9.84 Å². The molecule has 4 fully saturated rings. The van der Waals surface area contributed by atoms with Gasteiger partial charge in [0.25, 0.3) is 0 Å². The Balaban J connectivity index is 1.65. The molecule has 0 unspecified atom stereocenters. The normalized spacial score (nSPS) is 57.5. The molecule has 0 aromatic carbocycles. The van der Waals surface area contributed by atoms with Crippen molar-refractivity contribution >= 4 is 5.97 Å². The standard InChI is InChI=1S/C19H30O3/c1-17-9-8-16(20)22-15(17)5-4-12-13(17)6-10-18(2)14(12)7-11-19(18,3)21/h12-15,21H,4-11H2,1-3H3/t12-,13+,14+,15+,17-,18+,19+/m1/s1. The first-order chi connectivity index (χ1) is 10.3. The lowest BCUT2D eigenvalue weighted by Crippen LogP contribution is -2.58. The molecule has 0 spiro atoms. The van der Waals surface area contributed by atoms with E-state index in [-0.39, 0.29) is 22.9 Å². The molecule has 4 rings (SSSR count). The number of hydrogen-bond donors (Lipinski definition) is 1. The van der Waals surface area contributed by atoms with Crippen molar-refractivity contribution in [2.24, 2.45) is 28.6 Å². The molecule has 3 heteroatoms. The van der Waals surface area contributed by atoms with Crippen LogP contribution < -0.4 is 0 Å². The van der Waals surface area contributed by atoms with Crippen LogP contribution in [0.1, 0.15) is 72.1 Å². The van der Waals surface area contributed by atoms with Crippen LogP contribution in [0, 0.1) is 28.6 Å². The largest absolute Gasteiger partial charge is 0.462 e. The predicted octanol–water partition coefficient (Wildman–Crippen LogP) is 3.69. The minimum Gasteiger partial charge on any atom is -0.462 e. The Morgan fingerprint density at radius 1 is 1.00 bits per heavy atom. The van der Waals surface area contributed by atoms with Gasteiger partial charge in [-0.2, -0.15) is 0 Å².